The van der Waals surface area contributed by atoms with Crippen molar-refractivity contribution in [1.82, 2.24) is 4.72 Å². The Labute approximate surface area is 122 Å². The minimum absolute atomic E-state index is 0.156. The Morgan fingerprint density at radius 1 is 1.30 bits per heavy atom. The molecule has 0 amide bonds. The van der Waals surface area contributed by atoms with Gasteiger partial charge in [-0.25, -0.2) is 13.1 Å². The van der Waals surface area contributed by atoms with E-state index in [9.17, 15) is 8.42 Å². The van der Waals surface area contributed by atoms with E-state index < -0.39 is 10.0 Å². The van der Waals surface area contributed by atoms with Gasteiger partial charge in [0.15, 0.2) is 0 Å². The number of nitrogens with two attached hydrogens (primary N) is 1. The van der Waals surface area contributed by atoms with Crippen LogP contribution in [-0.4, -0.2) is 22.0 Å². The largest absolute Gasteiger partial charge is 0.399 e. The smallest absolute Gasteiger partial charge is 0.242 e. The molecule has 0 aliphatic carbocycles. The molecule has 0 radical (unpaired) electrons. The van der Waals surface area contributed by atoms with Crippen molar-refractivity contribution in [3.63, 3.8) is 0 Å². The predicted octanol–water partition coefficient (Wildman–Crippen LogP) is 2.27. The van der Waals surface area contributed by atoms with Gasteiger partial charge in [0.1, 0.15) is 4.90 Å². The Bertz CT molecular complexity index is 562. The molecule has 1 unspecified atom stereocenters. The van der Waals surface area contributed by atoms with Gasteiger partial charge in [-0.15, -0.1) is 0 Å². The van der Waals surface area contributed by atoms with E-state index >= 15 is 0 Å². The zero-order valence-corrected chi connectivity index (χ0v) is 13.6. The molecule has 0 aliphatic heterocycles. The van der Waals surface area contributed by atoms with Crippen LogP contribution in [0.2, 0.25) is 0 Å². The summed E-state index contributed by atoms with van der Waals surface area (Å²) in [5, 5.41) is 3.21. The first-order valence-corrected chi connectivity index (χ1v) is 8.13. The number of hydrogen-bond acceptors (Lipinski definition) is 4. The molecule has 114 valence electrons. The lowest BCUT2D eigenvalue weighted by Gasteiger charge is -2.28. The number of sulfonamides is 1. The Hall–Kier alpha value is -1.27. The molecule has 0 heterocycles. The van der Waals surface area contributed by atoms with Crippen LogP contribution in [-0.2, 0) is 10.0 Å². The molecule has 4 N–H and O–H groups in total. The van der Waals surface area contributed by atoms with E-state index in [1.54, 1.807) is 12.1 Å². The normalized spacial score (nSPS) is 14.1. The molecule has 0 aromatic heterocycles. The zero-order valence-electron chi connectivity index (χ0n) is 12.8. The number of anilines is 2. The van der Waals surface area contributed by atoms with Crippen molar-refractivity contribution in [2.24, 2.45) is 11.3 Å². The zero-order chi connectivity index (χ0) is 15.6. The maximum atomic E-state index is 12.0. The lowest BCUT2D eigenvalue weighted by atomic mass is 9.82. The van der Waals surface area contributed by atoms with Crippen LogP contribution in [0.5, 0.6) is 0 Å². The maximum absolute atomic E-state index is 12.0. The fraction of sp³-hybridized carbons (Fsp3) is 0.571. The van der Waals surface area contributed by atoms with E-state index in [1.165, 1.54) is 13.1 Å². The molecule has 0 fully saturated rings. The van der Waals surface area contributed by atoms with E-state index in [-0.39, 0.29) is 10.3 Å². The SMILES string of the molecule is CNS(=O)(=O)c1cc(N)ccc1NCC(C)C(C)(C)C. The van der Waals surface area contributed by atoms with Gasteiger partial charge in [-0.05, 0) is 36.6 Å². The third-order valence-corrected chi connectivity index (χ3v) is 5.10. The van der Waals surface area contributed by atoms with Crippen LogP contribution in [0.1, 0.15) is 27.7 Å². The summed E-state index contributed by atoms with van der Waals surface area (Å²) >= 11 is 0. The standard InChI is InChI=1S/C14H25N3O2S/c1-10(14(2,3)4)9-17-12-7-6-11(15)8-13(12)20(18,19)16-5/h6-8,10,16-17H,9,15H2,1-5H3. The van der Waals surface area contributed by atoms with Crippen LogP contribution in [0.15, 0.2) is 23.1 Å². The Morgan fingerprint density at radius 3 is 2.40 bits per heavy atom. The summed E-state index contributed by atoms with van der Waals surface area (Å²) in [6.45, 7) is 9.31. The molecule has 1 aromatic rings. The van der Waals surface area contributed by atoms with Crippen LogP contribution < -0.4 is 15.8 Å². The van der Waals surface area contributed by atoms with E-state index in [2.05, 4.69) is 37.7 Å². The second-order valence-electron chi connectivity index (χ2n) is 6.11. The summed E-state index contributed by atoms with van der Waals surface area (Å²) in [6.07, 6.45) is 0. The minimum Gasteiger partial charge on any atom is -0.399 e. The van der Waals surface area contributed by atoms with Crippen molar-refractivity contribution in [1.29, 1.82) is 0 Å². The van der Waals surface area contributed by atoms with E-state index in [0.717, 1.165) is 0 Å². The summed E-state index contributed by atoms with van der Waals surface area (Å²) in [7, 11) is -2.14. The maximum Gasteiger partial charge on any atom is 0.242 e. The molecule has 1 atom stereocenters. The molecule has 0 aliphatic rings. The van der Waals surface area contributed by atoms with Gasteiger partial charge in [0.2, 0.25) is 10.0 Å². The van der Waals surface area contributed by atoms with Crippen LogP contribution in [0.3, 0.4) is 0 Å². The monoisotopic (exact) mass is 299 g/mol. The minimum atomic E-state index is -3.53. The summed E-state index contributed by atoms with van der Waals surface area (Å²) in [4.78, 5) is 0.182. The fourth-order valence-electron chi connectivity index (χ4n) is 1.59. The summed E-state index contributed by atoms with van der Waals surface area (Å²) in [5.41, 5.74) is 6.84. The summed E-state index contributed by atoms with van der Waals surface area (Å²) in [6, 6.07) is 4.86. The molecule has 20 heavy (non-hydrogen) atoms. The Balaban J connectivity index is 3.02. The second kappa shape index (κ2) is 6.01. The summed E-state index contributed by atoms with van der Waals surface area (Å²) in [5.74, 6) is 0.394. The Morgan fingerprint density at radius 2 is 1.90 bits per heavy atom. The van der Waals surface area contributed by atoms with Gasteiger partial charge in [0, 0.05) is 12.2 Å². The molecule has 5 nitrogen and oxygen atoms in total. The molecular weight excluding hydrogens is 274 g/mol. The highest BCUT2D eigenvalue weighted by Crippen LogP contribution is 2.28. The van der Waals surface area contributed by atoms with Gasteiger partial charge in [-0.3, -0.25) is 0 Å². The average Bonchev–Trinajstić information content (AvgIpc) is 2.35. The van der Waals surface area contributed by atoms with Crippen molar-refractivity contribution in [3.05, 3.63) is 18.2 Å². The lowest BCUT2D eigenvalue weighted by molar-refractivity contribution is 0.274. The second-order valence-corrected chi connectivity index (χ2v) is 7.97. The van der Waals surface area contributed by atoms with Gasteiger partial charge in [-0.1, -0.05) is 27.7 Å². The van der Waals surface area contributed by atoms with Crippen LogP contribution in [0.4, 0.5) is 11.4 Å². The molecular formula is C14H25N3O2S. The van der Waals surface area contributed by atoms with Crippen molar-refractivity contribution in [2.45, 2.75) is 32.6 Å². The molecule has 0 saturated heterocycles. The fourth-order valence-corrected chi connectivity index (χ4v) is 2.53. The van der Waals surface area contributed by atoms with E-state index in [1.807, 2.05) is 0 Å². The first-order chi connectivity index (χ1) is 9.08. The highest BCUT2D eigenvalue weighted by atomic mass is 32.2. The molecule has 1 aromatic carbocycles. The van der Waals surface area contributed by atoms with Crippen molar-refractivity contribution in [2.75, 3.05) is 24.6 Å². The van der Waals surface area contributed by atoms with Crippen LogP contribution in [0, 0.1) is 11.3 Å². The highest BCUT2D eigenvalue weighted by molar-refractivity contribution is 7.89. The third kappa shape index (κ3) is 4.11. The van der Waals surface area contributed by atoms with Gasteiger partial charge >= 0.3 is 0 Å². The van der Waals surface area contributed by atoms with E-state index in [4.69, 9.17) is 5.73 Å². The van der Waals surface area contributed by atoms with Gasteiger partial charge < -0.3 is 11.1 Å². The van der Waals surface area contributed by atoms with Crippen molar-refractivity contribution < 1.29 is 8.42 Å². The van der Waals surface area contributed by atoms with Gasteiger partial charge in [0.05, 0.1) is 5.69 Å². The van der Waals surface area contributed by atoms with Crippen LogP contribution in [0.25, 0.3) is 0 Å². The molecule has 0 spiro atoms. The molecule has 6 heteroatoms. The van der Waals surface area contributed by atoms with E-state index in [0.29, 0.717) is 23.8 Å². The highest BCUT2D eigenvalue weighted by Gasteiger charge is 2.21. The predicted molar refractivity (Wildman–Crippen MR) is 84.2 cm³/mol. The average molecular weight is 299 g/mol. The number of rotatable bonds is 5. The first-order valence-electron chi connectivity index (χ1n) is 6.65. The van der Waals surface area contributed by atoms with Crippen LogP contribution >= 0.6 is 0 Å². The number of benzene rings is 1. The van der Waals surface area contributed by atoms with Crippen molar-refractivity contribution >= 4 is 21.4 Å². The first kappa shape index (κ1) is 16.8. The topological polar surface area (TPSA) is 84.2 Å². The molecule has 0 bridgehead atoms. The molecule has 1 rings (SSSR count). The number of nitrogen functional groups attached to an aromatic ring is 1. The number of hydrogen-bond donors (Lipinski definition) is 3. The number of nitrogens with one attached hydrogen (secondary N) is 2. The van der Waals surface area contributed by atoms with Gasteiger partial charge in [-0.2, -0.15) is 0 Å². The summed E-state index contributed by atoms with van der Waals surface area (Å²) < 4.78 is 26.3. The van der Waals surface area contributed by atoms with Gasteiger partial charge in [0.25, 0.3) is 0 Å². The third-order valence-electron chi connectivity index (χ3n) is 3.64. The molecule has 0 saturated carbocycles. The Kier molecular flexibility index (Phi) is 5.05. The lowest BCUT2D eigenvalue weighted by Crippen LogP contribution is -2.26. The quantitative estimate of drug-likeness (QED) is 0.728. The van der Waals surface area contributed by atoms with Crippen molar-refractivity contribution in [3.8, 4) is 0 Å².